The van der Waals surface area contributed by atoms with Gasteiger partial charge in [-0.2, -0.15) is 0 Å². The Morgan fingerprint density at radius 2 is 2.19 bits per heavy atom. The van der Waals surface area contributed by atoms with Crippen molar-refractivity contribution in [3.8, 4) is 0 Å². The van der Waals surface area contributed by atoms with Crippen LogP contribution in [-0.4, -0.2) is 12.3 Å². The number of hydrogen-bond acceptors (Lipinski definition) is 3. The molecule has 1 aliphatic carbocycles. The first-order valence-electron chi connectivity index (χ1n) is 7.97. The normalized spacial score (nSPS) is 23.8. The molecule has 2 rings (SSSR count). The third kappa shape index (κ3) is 4.33. The first-order valence-corrected chi connectivity index (χ1v) is 8.42. The van der Waals surface area contributed by atoms with E-state index in [9.17, 15) is 0 Å². The molecule has 0 aromatic carbocycles. The van der Waals surface area contributed by atoms with E-state index in [0.29, 0.717) is 12.0 Å². The maximum absolute atomic E-state index is 5.54. The van der Waals surface area contributed by atoms with Gasteiger partial charge in [0.15, 0.2) is 0 Å². The number of aliphatic imine (C=N–C) groups is 1. The fraction of sp³-hybridized carbons (Fsp3) is 0.611. The zero-order valence-electron chi connectivity index (χ0n) is 13.5. The Kier molecular flexibility index (Phi) is 5.50. The summed E-state index contributed by atoms with van der Waals surface area (Å²) in [5.74, 6) is 0.750. The summed E-state index contributed by atoms with van der Waals surface area (Å²) in [5.41, 5.74) is 9.80. The minimum absolute atomic E-state index is 0.375. The Morgan fingerprint density at radius 3 is 2.86 bits per heavy atom. The summed E-state index contributed by atoms with van der Waals surface area (Å²) in [7, 11) is 0. The molecule has 2 nitrogen and oxygen atoms in total. The molecule has 0 radical (unpaired) electrons. The van der Waals surface area contributed by atoms with Crippen LogP contribution in [0.2, 0.25) is 0 Å². The summed E-state index contributed by atoms with van der Waals surface area (Å²) < 4.78 is 0. The van der Waals surface area contributed by atoms with Gasteiger partial charge in [0.25, 0.3) is 0 Å². The highest BCUT2D eigenvalue weighted by atomic mass is 32.1. The van der Waals surface area contributed by atoms with Crippen molar-refractivity contribution in [2.24, 2.45) is 22.1 Å². The van der Waals surface area contributed by atoms with Crippen molar-refractivity contribution < 1.29 is 0 Å². The Balaban J connectivity index is 2.17. The monoisotopic (exact) mass is 304 g/mol. The van der Waals surface area contributed by atoms with Crippen molar-refractivity contribution in [2.75, 3.05) is 6.54 Å². The summed E-state index contributed by atoms with van der Waals surface area (Å²) in [6.45, 7) is 7.73. The summed E-state index contributed by atoms with van der Waals surface area (Å²) in [6, 6.07) is 0. The lowest BCUT2D eigenvalue weighted by atomic mass is 9.70. The predicted octanol–water partition coefficient (Wildman–Crippen LogP) is 4.65. The predicted molar refractivity (Wildman–Crippen MR) is 95.8 cm³/mol. The van der Waals surface area contributed by atoms with E-state index in [4.69, 9.17) is 10.7 Å². The number of thiol groups is 1. The molecule has 1 atom stereocenters. The van der Waals surface area contributed by atoms with Crippen LogP contribution < -0.4 is 5.73 Å². The molecule has 0 aromatic rings. The van der Waals surface area contributed by atoms with Gasteiger partial charge >= 0.3 is 0 Å². The second kappa shape index (κ2) is 6.97. The molecule has 0 aromatic heterocycles. The highest BCUT2D eigenvalue weighted by Gasteiger charge is 2.31. The number of fused-ring (bicyclic) bond motifs is 1. The standard InChI is InChI=1S/C18H28N2S/c1-18(2,3)15-9-10-16-14(12-15)8-7-13(17(21)20-16)6-4-5-11-19/h4,6,8,15,21H,5,7,9-12,19H2,1-3H3/b6-4+. The van der Waals surface area contributed by atoms with Gasteiger partial charge in [0.2, 0.25) is 0 Å². The van der Waals surface area contributed by atoms with Crippen molar-refractivity contribution in [2.45, 2.75) is 52.9 Å². The molecule has 0 bridgehead atoms. The highest BCUT2D eigenvalue weighted by Crippen LogP contribution is 2.40. The van der Waals surface area contributed by atoms with Gasteiger partial charge in [-0.25, -0.2) is 4.99 Å². The maximum Gasteiger partial charge on any atom is 0.0967 e. The Hall–Kier alpha value is -0.800. The summed E-state index contributed by atoms with van der Waals surface area (Å²) >= 11 is 4.60. The molecule has 1 saturated carbocycles. The van der Waals surface area contributed by atoms with E-state index in [1.165, 1.54) is 23.3 Å². The molecule has 2 aliphatic rings. The first kappa shape index (κ1) is 16.6. The molecule has 116 valence electrons. The fourth-order valence-electron chi connectivity index (χ4n) is 3.01. The molecule has 1 aliphatic heterocycles. The SMILES string of the molecule is CC(C)(C)C1CCC2=NC(S)=C(/C=C/CCN)CC=C2C1. The summed E-state index contributed by atoms with van der Waals surface area (Å²) in [5, 5.41) is 0.874. The van der Waals surface area contributed by atoms with E-state index >= 15 is 0 Å². The molecule has 0 spiro atoms. The smallest absolute Gasteiger partial charge is 0.0967 e. The molecule has 0 saturated heterocycles. The molecule has 1 unspecified atom stereocenters. The highest BCUT2D eigenvalue weighted by molar-refractivity contribution is 7.84. The molecule has 1 fully saturated rings. The average Bonchev–Trinajstić information content (AvgIpc) is 2.57. The molecule has 0 amide bonds. The molecule has 1 heterocycles. The summed E-state index contributed by atoms with van der Waals surface area (Å²) in [4.78, 5) is 4.78. The molecular formula is C18H28N2S. The van der Waals surface area contributed by atoms with Crippen LogP contribution in [0.4, 0.5) is 0 Å². The number of hydrogen-bond donors (Lipinski definition) is 2. The van der Waals surface area contributed by atoms with Crippen LogP contribution in [0, 0.1) is 11.3 Å². The van der Waals surface area contributed by atoms with Crippen molar-refractivity contribution in [3.63, 3.8) is 0 Å². The van der Waals surface area contributed by atoms with Crippen LogP contribution in [0.3, 0.4) is 0 Å². The van der Waals surface area contributed by atoms with Crippen molar-refractivity contribution >= 4 is 18.3 Å². The van der Waals surface area contributed by atoms with Gasteiger partial charge in [-0.1, -0.05) is 39.0 Å². The zero-order valence-corrected chi connectivity index (χ0v) is 14.4. The lowest BCUT2D eigenvalue weighted by Crippen LogP contribution is -2.27. The number of nitrogens with zero attached hydrogens (tertiary/aromatic N) is 1. The minimum Gasteiger partial charge on any atom is -0.330 e. The van der Waals surface area contributed by atoms with Crippen molar-refractivity contribution in [1.82, 2.24) is 0 Å². The van der Waals surface area contributed by atoms with E-state index in [0.717, 1.165) is 36.6 Å². The molecular weight excluding hydrogens is 276 g/mol. The number of nitrogens with two attached hydrogens (primary N) is 1. The topological polar surface area (TPSA) is 38.4 Å². The lowest BCUT2D eigenvalue weighted by Gasteiger charge is -2.35. The average molecular weight is 305 g/mol. The fourth-order valence-corrected chi connectivity index (χ4v) is 3.30. The van der Waals surface area contributed by atoms with E-state index in [2.05, 4.69) is 51.6 Å². The third-order valence-electron chi connectivity index (χ3n) is 4.54. The molecule has 3 heteroatoms. The molecule has 2 N–H and O–H groups in total. The van der Waals surface area contributed by atoms with Crippen LogP contribution in [0.5, 0.6) is 0 Å². The van der Waals surface area contributed by atoms with E-state index < -0.39 is 0 Å². The number of allylic oxidation sites excluding steroid dienone is 4. The van der Waals surface area contributed by atoms with Crippen LogP contribution >= 0.6 is 12.6 Å². The van der Waals surface area contributed by atoms with Gasteiger partial charge in [0.1, 0.15) is 0 Å². The first-order chi connectivity index (χ1) is 9.91. The van der Waals surface area contributed by atoms with Gasteiger partial charge in [0.05, 0.1) is 5.03 Å². The Morgan fingerprint density at radius 1 is 1.43 bits per heavy atom. The van der Waals surface area contributed by atoms with Gasteiger partial charge in [0, 0.05) is 5.71 Å². The second-order valence-corrected chi connectivity index (χ2v) is 7.55. The van der Waals surface area contributed by atoms with Gasteiger partial charge < -0.3 is 5.73 Å². The van der Waals surface area contributed by atoms with E-state index in [1.54, 1.807) is 0 Å². The Bertz CT molecular complexity index is 504. The molecule has 21 heavy (non-hydrogen) atoms. The van der Waals surface area contributed by atoms with Crippen LogP contribution in [-0.2, 0) is 0 Å². The number of rotatable bonds is 3. The van der Waals surface area contributed by atoms with Crippen LogP contribution in [0.1, 0.15) is 52.9 Å². The second-order valence-electron chi connectivity index (χ2n) is 7.13. The zero-order chi connectivity index (χ0) is 15.5. The van der Waals surface area contributed by atoms with Gasteiger partial charge in [-0.3, -0.25) is 0 Å². The maximum atomic E-state index is 5.54. The summed E-state index contributed by atoms with van der Waals surface area (Å²) in [6.07, 6.45) is 11.9. The minimum atomic E-state index is 0.375. The van der Waals surface area contributed by atoms with Crippen LogP contribution in [0.25, 0.3) is 0 Å². The lowest BCUT2D eigenvalue weighted by molar-refractivity contribution is 0.223. The van der Waals surface area contributed by atoms with E-state index in [-0.39, 0.29) is 0 Å². The van der Waals surface area contributed by atoms with Crippen molar-refractivity contribution in [1.29, 1.82) is 0 Å². The van der Waals surface area contributed by atoms with Crippen molar-refractivity contribution in [3.05, 3.63) is 34.4 Å². The van der Waals surface area contributed by atoms with E-state index in [1.807, 2.05) is 0 Å². The largest absolute Gasteiger partial charge is 0.330 e. The van der Waals surface area contributed by atoms with Gasteiger partial charge in [-0.05, 0) is 61.1 Å². The van der Waals surface area contributed by atoms with Gasteiger partial charge in [-0.15, -0.1) is 12.6 Å². The van der Waals surface area contributed by atoms with Crippen LogP contribution in [0.15, 0.2) is 39.4 Å². The third-order valence-corrected chi connectivity index (χ3v) is 4.93. The quantitative estimate of drug-likeness (QED) is 0.732. The Labute approximate surface area is 134 Å².